The van der Waals surface area contributed by atoms with E-state index in [-0.39, 0.29) is 0 Å². The second-order valence-corrected chi connectivity index (χ2v) is 5.26. The second-order valence-electron chi connectivity index (χ2n) is 5.26. The Bertz CT molecular complexity index is 383. The van der Waals surface area contributed by atoms with Crippen LogP contribution >= 0.6 is 0 Å². The quantitative estimate of drug-likeness (QED) is 0.803. The number of anilines is 1. The average Bonchev–Trinajstić information content (AvgIpc) is 2.76. The lowest BCUT2D eigenvalue weighted by atomic mass is 10.1. The first kappa shape index (κ1) is 13.3. The van der Waals surface area contributed by atoms with Gasteiger partial charge in [0.25, 0.3) is 0 Å². The van der Waals surface area contributed by atoms with Crippen molar-refractivity contribution in [3.05, 3.63) is 18.0 Å². The molecule has 0 amide bonds. The first-order chi connectivity index (χ1) is 8.70. The summed E-state index contributed by atoms with van der Waals surface area (Å²) >= 11 is 0. The Balaban J connectivity index is 2.14. The van der Waals surface area contributed by atoms with Gasteiger partial charge in [0.2, 0.25) is 5.95 Å². The van der Waals surface area contributed by atoms with Gasteiger partial charge in [0.15, 0.2) is 0 Å². The minimum Gasteiger partial charge on any atom is -0.383 e. The molecular formula is C14H23N3O. The maximum Gasteiger partial charge on any atom is 0.225 e. The van der Waals surface area contributed by atoms with E-state index in [1.807, 2.05) is 19.2 Å². The fourth-order valence-corrected chi connectivity index (χ4v) is 2.67. The number of hydrogen-bond donors (Lipinski definition) is 0. The predicted octanol–water partition coefficient (Wildman–Crippen LogP) is 2.43. The van der Waals surface area contributed by atoms with Gasteiger partial charge < -0.3 is 9.64 Å². The molecule has 1 fully saturated rings. The maximum atomic E-state index is 5.21. The van der Waals surface area contributed by atoms with E-state index in [1.165, 1.54) is 19.3 Å². The van der Waals surface area contributed by atoms with Gasteiger partial charge in [-0.1, -0.05) is 6.92 Å². The molecule has 0 bridgehead atoms. The zero-order chi connectivity index (χ0) is 13.0. The van der Waals surface area contributed by atoms with Crippen LogP contribution in [0, 0.1) is 12.8 Å². The van der Waals surface area contributed by atoms with Crippen LogP contribution in [0.4, 0.5) is 5.95 Å². The highest BCUT2D eigenvalue weighted by atomic mass is 16.5. The molecule has 1 saturated carbocycles. The molecule has 0 aliphatic heterocycles. The van der Waals surface area contributed by atoms with Gasteiger partial charge in [-0.2, -0.15) is 0 Å². The van der Waals surface area contributed by atoms with E-state index < -0.39 is 0 Å². The van der Waals surface area contributed by atoms with Crippen molar-refractivity contribution < 1.29 is 4.74 Å². The van der Waals surface area contributed by atoms with E-state index in [9.17, 15) is 0 Å². The van der Waals surface area contributed by atoms with Crippen LogP contribution in [0.2, 0.25) is 0 Å². The molecule has 2 rings (SSSR count). The van der Waals surface area contributed by atoms with E-state index in [0.717, 1.165) is 30.7 Å². The number of rotatable bonds is 5. The van der Waals surface area contributed by atoms with E-state index in [0.29, 0.717) is 6.04 Å². The largest absolute Gasteiger partial charge is 0.383 e. The van der Waals surface area contributed by atoms with Crippen LogP contribution < -0.4 is 4.90 Å². The molecule has 18 heavy (non-hydrogen) atoms. The van der Waals surface area contributed by atoms with Crippen LogP contribution in [0.15, 0.2) is 12.3 Å². The van der Waals surface area contributed by atoms with Crippen molar-refractivity contribution in [3.63, 3.8) is 0 Å². The molecule has 0 radical (unpaired) electrons. The maximum absolute atomic E-state index is 5.21. The first-order valence-corrected chi connectivity index (χ1v) is 6.76. The number of aryl methyl sites for hydroxylation is 1. The van der Waals surface area contributed by atoms with Crippen molar-refractivity contribution in [3.8, 4) is 0 Å². The molecule has 1 aromatic heterocycles. The third-order valence-electron chi connectivity index (χ3n) is 3.68. The molecule has 100 valence electrons. The summed E-state index contributed by atoms with van der Waals surface area (Å²) in [6.45, 7) is 5.93. The summed E-state index contributed by atoms with van der Waals surface area (Å²) in [6, 6.07) is 2.51. The van der Waals surface area contributed by atoms with E-state index in [4.69, 9.17) is 4.74 Å². The lowest BCUT2D eigenvalue weighted by Crippen LogP contribution is -2.37. The summed E-state index contributed by atoms with van der Waals surface area (Å²) in [5, 5.41) is 0. The Morgan fingerprint density at radius 2 is 2.28 bits per heavy atom. The number of methoxy groups -OCH3 is 1. The van der Waals surface area contributed by atoms with Gasteiger partial charge in [0.05, 0.1) is 6.61 Å². The molecule has 4 heteroatoms. The van der Waals surface area contributed by atoms with Crippen LogP contribution in [0.25, 0.3) is 0 Å². The number of aromatic nitrogens is 2. The lowest BCUT2D eigenvalue weighted by Gasteiger charge is -2.29. The fourth-order valence-electron chi connectivity index (χ4n) is 2.67. The minimum absolute atomic E-state index is 0.567. The first-order valence-electron chi connectivity index (χ1n) is 6.76. The van der Waals surface area contributed by atoms with Gasteiger partial charge in [-0.15, -0.1) is 0 Å². The van der Waals surface area contributed by atoms with Crippen molar-refractivity contribution >= 4 is 5.95 Å². The van der Waals surface area contributed by atoms with Gasteiger partial charge in [0, 0.05) is 31.6 Å². The summed E-state index contributed by atoms with van der Waals surface area (Å²) in [5.41, 5.74) is 1.02. The molecular weight excluding hydrogens is 226 g/mol. The third kappa shape index (κ3) is 3.19. The monoisotopic (exact) mass is 249 g/mol. The highest BCUT2D eigenvalue weighted by molar-refractivity contribution is 5.32. The van der Waals surface area contributed by atoms with Crippen molar-refractivity contribution in [2.75, 3.05) is 25.2 Å². The summed E-state index contributed by atoms with van der Waals surface area (Å²) in [5.74, 6) is 1.66. The number of hydrogen-bond acceptors (Lipinski definition) is 4. The predicted molar refractivity (Wildman–Crippen MR) is 72.8 cm³/mol. The standard InChI is InChI=1S/C14H23N3O/c1-11-4-5-13(10-11)17(8-9-18-3)14-15-7-6-12(2)16-14/h6-7,11,13H,4-5,8-10H2,1-3H3. The van der Waals surface area contributed by atoms with Crippen molar-refractivity contribution in [1.29, 1.82) is 0 Å². The zero-order valence-electron chi connectivity index (χ0n) is 11.6. The molecule has 1 aliphatic rings. The average molecular weight is 249 g/mol. The lowest BCUT2D eigenvalue weighted by molar-refractivity contribution is 0.202. The highest BCUT2D eigenvalue weighted by Crippen LogP contribution is 2.30. The van der Waals surface area contributed by atoms with Gasteiger partial charge >= 0.3 is 0 Å². The van der Waals surface area contributed by atoms with Gasteiger partial charge in [-0.05, 0) is 38.2 Å². The Hall–Kier alpha value is -1.16. The van der Waals surface area contributed by atoms with E-state index in [2.05, 4.69) is 21.8 Å². The van der Waals surface area contributed by atoms with Gasteiger partial charge in [0.1, 0.15) is 0 Å². The van der Waals surface area contributed by atoms with Crippen molar-refractivity contribution in [1.82, 2.24) is 9.97 Å². The molecule has 2 unspecified atom stereocenters. The fraction of sp³-hybridized carbons (Fsp3) is 0.714. The molecule has 0 saturated heterocycles. The van der Waals surface area contributed by atoms with E-state index in [1.54, 1.807) is 7.11 Å². The van der Waals surface area contributed by atoms with Crippen LogP contribution in [0.5, 0.6) is 0 Å². The molecule has 4 nitrogen and oxygen atoms in total. The summed E-state index contributed by atoms with van der Waals surface area (Å²) in [7, 11) is 1.74. The Morgan fingerprint density at radius 3 is 2.89 bits per heavy atom. The molecule has 0 N–H and O–H groups in total. The zero-order valence-corrected chi connectivity index (χ0v) is 11.6. The van der Waals surface area contributed by atoms with Crippen molar-refractivity contribution in [2.24, 2.45) is 5.92 Å². The van der Waals surface area contributed by atoms with Crippen LogP contribution in [0.3, 0.4) is 0 Å². The topological polar surface area (TPSA) is 38.2 Å². The molecule has 1 aliphatic carbocycles. The summed E-state index contributed by atoms with van der Waals surface area (Å²) < 4.78 is 5.21. The normalized spacial score (nSPS) is 23.3. The molecule has 0 aromatic carbocycles. The minimum atomic E-state index is 0.567. The molecule has 0 spiro atoms. The van der Waals surface area contributed by atoms with Crippen LogP contribution in [-0.4, -0.2) is 36.3 Å². The molecule has 1 aromatic rings. The molecule has 2 atom stereocenters. The smallest absolute Gasteiger partial charge is 0.225 e. The number of ether oxygens (including phenoxy) is 1. The van der Waals surface area contributed by atoms with Crippen LogP contribution in [0.1, 0.15) is 31.9 Å². The number of nitrogens with zero attached hydrogens (tertiary/aromatic N) is 3. The SMILES string of the molecule is COCCN(c1nccc(C)n1)C1CCC(C)C1. The van der Waals surface area contributed by atoms with E-state index >= 15 is 0 Å². The van der Waals surface area contributed by atoms with Crippen molar-refractivity contribution in [2.45, 2.75) is 39.2 Å². The summed E-state index contributed by atoms with van der Waals surface area (Å²) in [4.78, 5) is 11.3. The van der Waals surface area contributed by atoms with Gasteiger partial charge in [-0.3, -0.25) is 0 Å². The van der Waals surface area contributed by atoms with Gasteiger partial charge in [-0.25, -0.2) is 9.97 Å². The molecule has 1 heterocycles. The Kier molecular flexibility index (Phi) is 4.53. The highest BCUT2D eigenvalue weighted by Gasteiger charge is 2.28. The Labute approximate surface area is 109 Å². The summed E-state index contributed by atoms with van der Waals surface area (Å²) in [6.07, 6.45) is 5.62. The Morgan fingerprint density at radius 1 is 1.44 bits per heavy atom. The second kappa shape index (κ2) is 6.14. The van der Waals surface area contributed by atoms with Crippen LogP contribution in [-0.2, 0) is 4.74 Å². The third-order valence-corrected chi connectivity index (χ3v) is 3.68.